The molecule has 29 heavy (non-hydrogen) atoms. The lowest BCUT2D eigenvalue weighted by Crippen LogP contribution is -2.07. The number of halogens is 1. The number of carbonyl (C=O) groups excluding carboxylic acids is 1. The number of methoxy groups -OCH3 is 1. The fourth-order valence-electron chi connectivity index (χ4n) is 3.12. The molecule has 7 heteroatoms. The van der Waals surface area contributed by atoms with E-state index in [1.54, 1.807) is 31.6 Å². The highest BCUT2D eigenvalue weighted by atomic mass is 19.1. The summed E-state index contributed by atoms with van der Waals surface area (Å²) in [6.45, 7) is 3.46. The number of aromatic nitrogens is 3. The van der Waals surface area contributed by atoms with Crippen LogP contribution in [-0.2, 0) is 4.79 Å². The lowest BCUT2D eigenvalue weighted by molar-refractivity contribution is -0.111. The van der Waals surface area contributed by atoms with Crippen molar-refractivity contribution in [2.24, 2.45) is 0 Å². The summed E-state index contributed by atoms with van der Waals surface area (Å²) in [5.74, 6) is -0.269. The van der Waals surface area contributed by atoms with Crippen molar-refractivity contribution in [2.45, 2.75) is 0 Å². The van der Waals surface area contributed by atoms with Gasteiger partial charge in [0.2, 0.25) is 11.9 Å². The molecule has 0 fully saturated rings. The van der Waals surface area contributed by atoms with Gasteiger partial charge in [-0.25, -0.2) is 9.97 Å². The van der Waals surface area contributed by atoms with Gasteiger partial charge in [-0.2, -0.15) is 4.39 Å². The third-order valence-electron chi connectivity index (χ3n) is 4.50. The summed E-state index contributed by atoms with van der Waals surface area (Å²) >= 11 is 0. The minimum atomic E-state index is -0.545. The normalized spacial score (nSPS) is 10.7. The third kappa shape index (κ3) is 3.70. The summed E-state index contributed by atoms with van der Waals surface area (Å²) in [6, 6.07) is 10.5. The van der Waals surface area contributed by atoms with Crippen LogP contribution in [0.4, 0.5) is 10.1 Å². The van der Waals surface area contributed by atoms with E-state index in [0.717, 1.165) is 22.1 Å². The highest BCUT2D eigenvalue weighted by Gasteiger charge is 2.12. The van der Waals surface area contributed by atoms with Crippen LogP contribution in [0.25, 0.3) is 33.3 Å². The second-order valence-electron chi connectivity index (χ2n) is 6.33. The first-order chi connectivity index (χ1) is 14.1. The van der Waals surface area contributed by atoms with Crippen molar-refractivity contribution in [2.75, 3.05) is 12.4 Å². The van der Waals surface area contributed by atoms with E-state index in [9.17, 15) is 9.18 Å². The SMILES string of the molecule is C=CC(=O)Nc1cc(OC)cc(-c2cnc3[nH]cc(-c4ccnc(F)c4)c3c2)c1. The van der Waals surface area contributed by atoms with Gasteiger partial charge in [-0.15, -0.1) is 0 Å². The molecule has 0 aliphatic carbocycles. The van der Waals surface area contributed by atoms with Gasteiger partial charge in [0, 0.05) is 52.9 Å². The minimum Gasteiger partial charge on any atom is -0.497 e. The zero-order chi connectivity index (χ0) is 20.4. The molecule has 1 amide bonds. The smallest absolute Gasteiger partial charge is 0.247 e. The number of benzene rings is 1. The van der Waals surface area contributed by atoms with E-state index in [2.05, 4.69) is 26.8 Å². The monoisotopic (exact) mass is 388 g/mol. The number of ether oxygens (including phenoxy) is 1. The van der Waals surface area contributed by atoms with Gasteiger partial charge < -0.3 is 15.0 Å². The van der Waals surface area contributed by atoms with Crippen LogP contribution in [0.5, 0.6) is 5.75 Å². The number of carbonyl (C=O) groups is 1. The zero-order valence-corrected chi connectivity index (χ0v) is 15.6. The van der Waals surface area contributed by atoms with Crippen LogP contribution in [0, 0.1) is 5.95 Å². The topological polar surface area (TPSA) is 79.9 Å². The number of hydrogen-bond acceptors (Lipinski definition) is 4. The quantitative estimate of drug-likeness (QED) is 0.388. The molecule has 0 spiro atoms. The van der Waals surface area contributed by atoms with Gasteiger partial charge >= 0.3 is 0 Å². The molecular weight excluding hydrogens is 371 g/mol. The molecule has 144 valence electrons. The molecule has 0 saturated carbocycles. The van der Waals surface area contributed by atoms with E-state index in [1.807, 2.05) is 18.2 Å². The summed E-state index contributed by atoms with van der Waals surface area (Å²) < 4.78 is 18.9. The van der Waals surface area contributed by atoms with Gasteiger partial charge in [-0.3, -0.25) is 4.79 Å². The van der Waals surface area contributed by atoms with Gasteiger partial charge in [0.1, 0.15) is 11.4 Å². The van der Waals surface area contributed by atoms with Crippen molar-refractivity contribution in [3.63, 3.8) is 0 Å². The van der Waals surface area contributed by atoms with Crippen molar-refractivity contribution in [1.82, 2.24) is 15.0 Å². The van der Waals surface area contributed by atoms with Crippen LogP contribution in [0.2, 0.25) is 0 Å². The first-order valence-electron chi connectivity index (χ1n) is 8.79. The average Bonchev–Trinajstić information content (AvgIpc) is 3.16. The Morgan fingerprint density at radius 3 is 2.79 bits per heavy atom. The fraction of sp³-hybridized carbons (Fsp3) is 0.0455. The number of anilines is 1. The van der Waals surface area contributed by atoms with Gasteiger partial charge in [0.25, 0.3) is 0 Å². The average molecular weight is 388 g/mol. The Labute approximate surface area is 166 Å². The number of nitrogens with one attached hydrogen (secondary N) is 2. The third-order valence-corrected chi connectivity index (χ3v) is 4.50. The van der Waals surface area contributed by atoms with Crippen molar-refractivity contribution < 1.29 is 13.9 Å². The van der Waals surface area contributed by atoms with Crippen molar-refractivity contribution >= 4 is 22.6 Å². The molecule has 0 saturated heterocycles. The predicted molar refractivity (Wildman–Crippen MR) is 110 cm³/mol. The second-order valence-corrected chi connectivity index (χ2v) is 6.33. The lowest BCUT2D eigenvalue weighted by atomic mass is 10.0. The molecule has 6 nitrogen and oxygen atoms in total. The number of nitrogens with zero attached hydrogens (tertiary/aromatic N) is 2. The molecule has 3 heterocycles. The summed E-state index contributed by atoms with van der Waals surface area (Å²) in [7, 11) is 1.56. The van der Waals surface area contributed by atoms with E-state index in [4.69, 9.17) is 4.74 Å². The lowest BCUT2D eigenvalue weighted by Gasteiger charge is -2.10. The Morgan fingerprint density at radius 2 is 2.03 bits per heavy atom. The standard InChI is InChI=1S/C22H17FN4O2/c1-3-21(28)27-16-6-14(7-17(10-16)29-2)15-8-18-19(12-26-22(18)25-11-15)13-4-5-24-20(23)9-13/h3-12H,1H2,2H3,(H,25,26)(H,27,28). The molecule has 4 aromatic rings. The maximum atomic E-state index is 13.6. The van der Waals surface area contributed by atoms with E-state index >= 15 is 0 Å². The summed E-state index contributed by atoms with van der Waals surface area (Å²) in [6.07, 6.45) is 6.14. The molecule has 0 aliphatic heterocycles. The summed E-state index contributed by atoms with van der Waals surface area (Å²) in [5.41, 5.74) is 4.41. The molecular formula is C22H17FN4O2. The van der Waals surface area contributed by atoms with E-state index in [1.165, 1.54) is 18.3 Å². The van der Waals surface area contributed by atoms with E-state index < -0.39 is 5.95 Å². The molecule has 0 bridgehead atoms. The van der Waals surface area contributed by atoms with Crippen molar-refractivity contribution in [1.29, 1.82) is 0 Å². The highest BCUT2D eigenvalue weighted by molar-refractivity contribution is 6.00. The van der Waals surface area contributed by atoms with E-state index in [0.29, 0.717) is 22.6 Å². The summed E-state index contributed by atoms with van der Waals surface area (Å²) in [5, 5.41) is 3.58. The largest absolute Gasteiger partial charge is 0.497 e. The number of aromatic amines is 1. The maximum absolute atomic E-state index is 13.6. The van der Waals surface area contributed by atoms with Crippen molar-refractivity contribution in [3.8, 4) is 28.0 Å². The summed E-state index contributed by atoms with van der Waals surface area (Å²) in [4.78, 5) is 22.9. The number of fused-ring (bicyclic) bond motifs is 1. The number of hydrogen-bond donors (Lipinski definition) is 2. The first-order valence-corrected chi connectivity index (χ1v) is 8.79. The Morgan fingerprint density at radius 1 is 1.17 bits per heavy atom. The molecule has 1 aromatic carbocycles. The van der Waals surface area contributed by atoms with Crippen LogP contribution < -0.4 is 10.1 Å². The van der Waals surface area contributed by atoms with Crippen molar-refractivity contribution in [3.05, 3.63) is 73.6 Å². The molecule has 0 radical (unpaired) electrons. The number of H-pyrrole nitrogens is 1. The Hall–Kier alpha value is -4.00. The maximum Gasteiger partial charge on any atom is 0.247 e. The first kappa shape index (κ1) is 18.4. The molecule has 0 unspecified atom stereocenters. The van der Waals surface area contributed by atoms with Gasteiger partial charge in [-0.05, 0) is 41.5 Å². The molecule has 2 N–H and O–H groups in total. The predicted octanol–water partition coefficient (Wildman–Crippen LogP) is 4.56. The van der Waals surface area contributed by atoms with Crippen LogP contribution in [-0.4, -0.2) is 28.0 Å². The van der Waals surface area contributed by atoms with Crippen LogP contribution >= 0.6 is 0 Å². The minimum absolute atomic E-state index is 0.314. The molecule has 0 aliphatic rings. The zero-order valence-electron chi connectivity index (χ0n) is 15.6. The molecule has 0 atom stereocenters. The Kier molecular flexibility index (Phi) is 4.78. The Balaban J connectivity index is 1.82. The number of amides is 1. The van der Waals surface area contributed by atoms with Gasteiger partial charge in [0.05, 0.1) is 7.11 Å². The molecule has 3 aromatic heterocycles. The number of rotatable bonds is 5. The van der Waals surface area contributed by atoms with Gasteiger partial charge in [0.15, 0.2) is 0 Å². The second kappa shape index (κ2) is 7.55. The number of pyridine rings is 2. The highest BCUT2D eigenvalue weighted by Crippen LogP contribution is 2.33. The fourth-order valence-corrected chi connectivity index (χ4v) is 3.12. The Bertz CT molecular complexity index is 1230. The van der Waals surface area contributed by atoms with Crippen LogP contribution in [0.3, 0.4) is 0 Å². The van der Waals surface area contributed by atoms with Crippen LogP contribution in [0.1, 0.15) is 0 Å². The van der Waals surface area contributed by atoms with Crippen LogP contribution in [0.15, 0.2) is 67.6 Å². The van der Waals surface area contributed by atoms with Gasteiger partial charge in [-0.1, -0.05) is 6.58 Å². The molecule has 4 rings (SSSR count). The van der Waals surface area contributed by atoms with E-state index in [-0.39, 0.29) is 5.91 Å².